The molecule has 0 fully saturated rings. The third kappa shape index (κ3) is 1.46. The summed E-state index contributed by atoms with van der Waals surface area (Å²) < 4.78 is 0. The van der Waals surface area contributed by atoms with E-state index in [0.717, 1.165) is 13.1 Å². The van der Waals surface area contributed by atoms with Gasteiger partial charge in [0.25, 0.3) is 0 Å². The van der Waals surface area contributed by atoms with Crippen molar-refractivity contribution in [2.45, 2.75) is 33.4 Å². The van der Waals surface area contributed by atoms with Gasteiger partial charge >= 0.3 is 0 Å². The maximum absolute atomic E-state index is 2.56. The van der Waals surface area contributed by atoms with Gasteiger partial charge in [-0.05, 0) is 23.6 Å². The Hall–Kier alpha value is -0.820. The molecule has 1 aromatic carbocycles. The van der Waals surface area contributed by atoms with Gasteiger partial charge in [0.2, 0.25) is 0 Å². The van der Waals surface area contributed by atoms with E-state index in [2.05, 4.69) is 49.9 Å². The summed E-state index contributed by atoms with van der Waals surface area (Å²) in [7, 11) is 0. The van der Waals surface area contributed by atoms with Crippen LogP contribution in [0.4, 0.5) is 0 Å². The van der Waals surface area contributed by atoms with Crippen molar-refractivity contribution in [3.05, 3.63) is 35.4 Å². The molecule has 1 nitrogen and oxygen atoms in total. The van der Waals surface area contributed by atoms with E-state index in [1.807, 2.05) is 0 Å². The highest BCUT2D eigenvalue weighted by Crippen LogP contribution is 2.37. The second kappa shape index (κ2) is 3.74. The van der Waals surface area contributed by atoms with E-state index < -0.39 is 0 Å². The molecule has 0 aromatic heterocycles. The van der Waals surface area contributed by atoms with Crippen molar-refractivity contribution in [2.24, 2.45) is 5.92 Å². The molecule has 1 heterocycles. The van der Waals surface area contributed by atoms with Crippen LogP contribution < -0.4 is 0 Å². The normalized spacial score (nSPS) is 21.6. The Morgan fingerprint density at radius 2 is 2.07 bits per heavy atom. The number of benzene rings is 1. The molecule has 0 spiro atoms. The molecule has 76 valence electrons. The Labute approximate surface area is 86.7 Å². The van der Waals surface area contributed by atoms with Gasteiger partial charge in [-0.1, -0.05) is 45.0 Å². The number of rotatable bonds is 2. The minimum Gasteiger partial charge on any atom is -0.292 e. The molecular formula is C13H19N. The molecule has 1 aliphatic rings. The zero-order valence-electron chi connectivity index (χ0n) is 9.33. The largest absolute Gasteiger partial charge is 0.292 e. The van der Waals surface area contributed by atoms with E-state index in [1.54, 1.807) is 5.56 Å². The zero-order chi connectivity index (χ0) is 10.1. The van der Waals surface area contributed by atoms with Gasteiger partial charge in [0, 0.05) is 12.6 Å². The van der Waals surface area contributed by atoms with Crippen LogP contribution in [0.25, 0.3) is 0 Å². The van der Waals surface area contributed by atoms with Crippen molar-refractivity contribution in [1.29, 1.82) is 0 Å². The molecular weight excluding hydrogens is 170 g/mol. The lowest BCUT2D eigenvalue weighted by Crippen LogP contribution is -2.25. The number of nitrogens with zero attached hydrogens (tertiary/aromatic N) is 1. The van der Waals surface area contributed by atoms with Crippen molar-refractivity contribution in [3.63, 3.8) is 0 Å². The highest BCUT2D eigenvalue weighted by Gasteiger charge is 2.30. The van der Waals surface area contributed by atoms with Crippen molar-refractivity contribution >= 4 is 0 Å². The van der Waals surface area contributed by atoms with E-state index in [9.17, 15) is 0 Å². The molecule has 1 atom stereocenters. The Morgan fingerprint density at radius 3 is 2.71 bits per heavy atom. The van der Waals surface area contributed by atoms with Crippen LogP contribution in [0.1, 0.15) is 37.9 Å². The Bertz CT molecular complexity index is 317. The molecule has 0 bridgehead atoms. The molecule has 0 saturated heterocycles. The first-order chi connectivity index (χ1) is 6.74. The van der Waals surface area contributed by atoms with Gasteiger partial charge in [0.15, 0.2) is 0 Å². The van der Waals surface area contributed by atoms with Crippen molar-refractivity contribution in [1.82, 2.24) is 4.90 Å². The van der Waals surface area contributed by atoms with Gasteiger partial charge in [-0.15, -0.1) is 0 Å². The van der Waals surface area contributed by atoms with Crippen LogP contribution in [0.5, 0.6) is 0 Å². The zero-order valence-corrected chi connectivity index (χ0v) is 9.33. The molecule has 14 heavy (non-hydrogen) atoms. The monoisotopic (exact) mass is 189 g/mol. The molecule has 0 aliphatic carbocycles. The minimum atomic E-state index is 0.635. The Balaban J connectivity index is 2.37. The third-order valence-corrected chi connectivity index (χ3v) is 3.18. The maximum atomic E-state index is 2.56. The van der Waals surface area contributed by atoms with Gasteiger partial charge in [-0.25, -0.2) is 0 Å². The minimum absolute atomic E-state index is 0.635. The summed E-state index contributed by atoms with van der Waals surface area (Å²) in [6.07, 6.45) is 0. The summed E-state index contributed by atoms with van der Waals surface area (Å²) >= 11 is 0. The quantitative estimate of drug-likeness (QED) is 0.690. The lowest BCUT2D eigenvalue weighted by Gasteiger charge is -2.26. The van der Waals surface area contributed by atoms with E-state index >= 15 is 0 Å². The first-order valence-electron chi connectivity index (χ1n) is 5.56. The lowest BCUT2D eigenvalue weighted by atomic mass is 9.96. The van der Waals surface area contributed by atoms with Crippen molar-refractivity contribution in [2.75, 3.05) is 6.54 Å². The fraction of sp³-hybridized carbons (Fsp3) is 0.538. The lowest BCUT2D eigenvalue weighted by molar-refractivity contribution is 0.181. The second-order valence-electron chi connectivity index (χ2n) is 4.45. The standard InChI is InChI=1S/C13H19N/c1-4-14-9-11-7-5-6-8-12(11)13(14)10(2)3/h5-8,10,13H,4,9H2,1-3H3. The molecule has 2 rings (SSSR count). The van der Waals surface area contributed by atoms with E-state index in [1.165, 1.54) is 5.56 Å². The molecule has 1 aliphatic heterocycles. The smallest absolute Gasteiger partial charge is 0.0377 e. The predicted octanol–water partition coefficient (Wildman–Crippen LogP) is 3.22. The fourth-order valence-corrected chi connectivity index (χ4v) is 2.57. The predicted molar refractivity (Wildman–Crippen MR) is 60.1 cm³/mol. The summed E-state index contributed by atoms with van der Waals surface area (Å²) in [5.41, 5.74) is 3.07. The van der Waals surface area contributed by atoms with Crippen LogP contribution in [-0.2, 0) is 6.54 Å². The Morgan fingerprint density at radius 1 is 1.36 bits per heavy atom. The molecule has 0 radical (unpaired) electrons. The molecule has 1 heteroatoms. The summed E-state index contributed by atoms with van der Waals surface area (Å²) in [5.74, 6) is 0.707. The molecule has 0 N–H and O–H groups in total. The van der Waals surface area contributed by atoms with E-state index in [0.29, 0.717) is 12.0 Å². The summed E-state index contributed by atoms with van der Waals surface area (Å²) in [6.45, 7) is 9.17. The van der Waals surface area contributed by atoms with Gasteiger partial charge in [0.1, 0.15) is 0 Å². The van der Waals surface area contributed by atoms with Crippen LogP contribution in [0.15, 0.2) is 24.3 Å². The van der Waals surface area contributed by atoms with E-state index in [-0.39, 0.29) is 0 Å². The van der Waals surface area contributed by atoms with Gasteiger partial charge in [-0.2, -0.15) is 0 Å². The molecule has 1 aromatic rings. The van der Waals surface area contributed by atoms with Crippen LogP contribution in [-0.4, -0.2) is 11.4 Å². The molecule has 0 saturated carbocycles. The average Bonchev–Trinajstić information content (AvgIpc) is 2.55. The molecule has 0 amide bonds. The average molecular weight is 189 g/mol. The molecule has 1 unspecified atom stereocenters. The highest BCUT2D eigenvalue weighted by molar-refractivity contribution is 5.34. The van der Waals surface area contributed by atoms with E-state index in [4.69, 9.17) is 0 Å². The topological polar surface area (TPSA) is 3.24 Å². The first-order valence-corrected chi connectivity index (χ1v) is 5.56. The number of hydrogen-bond donors (Lipinski definition) is 0. The van der Waals surface area contributed by atoms with Gasteiger partial charge < -0.3 is 0 Å². The first kappa shape index (κ1) is 9.72. The summed E-state index contributed by atoms with van der Waals surface area (Å²) in [6, 6.07) is 9.50. The highest BCUT2D eigenvalue weighted by atomic mass is 15.2. The number of fused-ring (bicyclic) bond motifs is 1. The SMILES string of the molecule is CCN1Cc2ccccc2C1C(C)C. The van der Waals surface area contributed by atoms with Gasteiger partial charge in [-0.3, -0.25) is 4.90 Å². The van der Waals surface area contributed by atoms with Crippen molar-refractivity contribution < 1.29 is 0 Å². The number of hydrogen-bond acceptors (Lipinski definition) is 1. The van der Waals surface area contributed by atoms with Crippen LogP contribution in [0.3, 0.4) is 0 Å². The Kier molecular flexibility index (Phi) is 2.60. The third-order valence-electron chi connectivity index (χ3n) is 3.18. The summed E-state index contributed by atoms with van der Waals surface area (Å²) in [5, 5.41) is 0. The van der Waals surface area contributed by atoms with Crippen molar-refractivity contribution in [3.8, 4) is 0 Å². The van der Waals surface area contributed by atoms with Crippen LogP contribution in [0, 0.1) is 5.92 Å². The van der Waals surface area contributed by atoms with Crippen LogP contribution in [0.2, 0.25) is 0 Å². The van der Waals surface area contributed by atoms with Gasteiger partial charge in [0.05, 0.1) is 0 Å². The van der Waals surface area contributed by atoms with Crippen LogP contribution >= 0.6 is 0 Å². The summed E-state index contributed by atoms with van der Waals surface area (Å²) in [4.78, 5) is 2.56. The fourth-order valence-electron chi connectivity index (χ4n) is 2.57. The second-order valence-corrected chi connectivity index (χ2v) is 4.45. The maximum Gasteiger partial charge on any atom is 0.0377 e.